The highest BCUT2D eigenvalue weighted by Crippen LogP contribution is 2.28. The summed E-state index contributed by atoms with van der Waals surface area (Å²) in [4.78, 5) is 11.9. The van der Waals surface area contributed by atoms with Crippen molar-refractivity contribution in [2.75, 3.05) is 5.32 Å². The summed E-state index contributed by atoms with van der Waals surface area (Å²) in [5.41, 5.74) is 0.856. The van der Waals surface area contributed by atoms with Crippen LogP contribution in [-0.2, 0) is 4.79 Å². The largest absolute Gasteiger partial charge is 0.479 e. The van der Waals surface area contributed by atoms with Crippen molar-refractivity contribution in [2.45, 2.75) is 20.0 Å². The van der Waals surface area contributed by atoms with E-state index in [9.17, 15) is 4.79 Å². The molecule has 1 aromatic carbocycles. The average Bonchev–Trinajstić information content (AvgIpc) is 2.78. The number of hydrogen-bond donors (Lipinski definition) is 2. The molecule has 0 saturated carbocycles. The summed E-state index contributed by atoms with van der Waals surface area (Å²) in [5.74, 6) is 0.532. The number of aromatic amines is 1. The zero-order valence-corrected chi connectivity index (χ0v) is 12.4. The number of H-pyrrole nitrogens is 1. The van der Waals surface area contributed by atoms with Gasteiger partial charge in [-0.25, -0.2) is 0 Å². The summed E-state index contributed by atoms with van der Waals surface area (Å²) in [6.07, 6.45) is -0.717. The lowest BCUT2D eigenvalue weighted by Crippen LogP contribution is -2.30. The molecule has 2 N–H and O–H groups in total. The van der Waals surface area contributed by atoms with Crippen molar-refractivity contribution >= 4 is 34.9 Å². The van der Waals surface area contributed by atoms with Gasteiger partial charge >= 0.3 is 0 Å². The molecule has 1 unspecified atom stereocenters. The van der Waals surface area contributed by atoms with Gasteiger partial charge in [0.15, 0.2) is 11.9 Å². The Bertz CT molecular complexity index is 628. The standard InChI is InChI=1S/C13H13Cl2N3O2/c1-7-5-12(18-17-7)16-13(19)8(2)20-11-4-3-9(14)6-10(11)15/h3-6,8H,1-2H3,(H2,16,17,18,19). The van der Waals surface area contributed by atoms with Crippen LogP contribution in [-0.4, -0.2) is 22.2 Å². The molecule has 2 aromatic rings. The molecule has 0 spiro atoms. The highest BCUT2D eigenvalue weighted by Gasteiger charge is 2.17. The molecule has 1 amide bonds. The number of anilines is 1. The number of aryl methyl sites for hydroxylation is 1. The highest BCUT2D eigenvalue weighted by atomic mass is 35.5. The highest BCUT2D eigenvalue weighted by molar-refractivity contribution is 6.35. The minimum atomic E-state index is -0.717. The van der Waals surface area contributed by atoms with Crippen LogP contribution in [0, 0.1) is 6.92 Å². The first-order chi connectivity index (χ1) is 9.45. The third kappa shape index (κ3) is 3.65. The number of nitrogens with one attached hydrogen (secondary N) is 2. The minimum Gasteiger partial charge on any atom is -0.479 e. The van der Waals surface area contributed by atoms with Gasteiger partial charge in [0.2, 0.25) is 0 Å². The van der Waals surface area contributed by atoms with Gasteiger partial charge in [-0.3, -0.25) is 9.89 Å². The van der Waals surface area contributed by atoms with E-state index in [0.717, 1.165) is 5.69 Å². The van der Waals surface area contributed by atoms with E-state index in [4.69, 9.17) is 27.9 Å². The normalized spacial score (nSPS) is 12.0. The van der Waals surface area contributed by atoms with Crippen molar-refractivity contribution < 1.29 is 9.53 Å². The van der Waals surface area contributed by atoms with E-state index in [1.165, 1.54) is 0 Å². The number of hydrogen-bond acceptors (Lipinski definition) is 3. The molecule has 7 heteroatoms. The Labute approximate surface area is 126 Å². The van der Waals surface area contributed by atoms with Crippen LogP contribution in [0.25, 0.3) is 0 Å². The lowest BCUT2D eigenvalue weighted by atomic mass is 10.3. The van der Waals surface area contributed by atoms with Crippen LogP contribution >= 0.6 is 23.2 Å². The molecule has 106 valence electrons. The predicted molar refractivity (Wildman–Crippen MR) is 78.5 cm³/mol. The number of nitrogens with zero attached hydrogens (tertiary/aromatic N) is 1. The maximum atomic E-state index is 11.9. The number of ether oxygens (including phenoxy) is 1. The molecule has 0 saturated heterocycles. The van der Waals surface area contributed by atoms with Crippen LogP contribution in [0.5, 0.6) is 5.75 Å². The van der Waals surface area contributed by atoms with Crippen molar-refractivity contribution in [3.05, 3.63) is 40.0 Å². The number of halogens is 2. The Balaban J connectivity index is 2.00. The molecule has 5 nitrogen and oxygen atoms in total. The monoisotopic (exact) mass is 313 g/mol. The van der Waals surface area contributed by atoms with Crippen molar-refractivity contribution in [1.82, 2.24) is 10.2 Å². The second kappa shape index (κ2) is 6.15. The van der Waals surface area contributed by atoms with Crippen molar-refractivity contribution in [3.63, 3.8) is 0 Å². The Morgan fingerprint density at radius 3 is 2.75 bits per heavy atom. The van der Waals surface area contributed by atoms with Gasteiger partial charge in [-0.2, -0.15) is 5.10 Å². The van der Waals surface area contributed by atoms with Gasteiger partial charge in [-0.1, -0.05) is 23.2 Å². The molecule has 0 bridgehead atoms. The van der Waals surface area contributed by atoms with E-state index in [0.29, 0.717) is 21.6 Å². The number of carbonyl (C=O) groups is 1. The average molecular weight is 314 g/mol. The molecule has 1 aromatic heterocycles. The van der Waals surface area contributed by atoms with E-state index < -0.39 is 6.10 Å². The van der Waals surface area contributed by atoms with Crippen LogP contribution in [0.1, 0.15) is 12.6 Å². The van der Waals surface area contributed by atoms with Crippen LogP contribution in [0.4, 0.5) is 5.82 Å². The van der Waals surface area contributed by atoms with Crippen LogP contribution in [0.15, 0.2) is 24.3 Å². The van der Waals surface area contributed by atoms with Gasteiger partial charge in [0.1, 0.15) is 5.75 Å². The molecular weight excluding hydrogens is 301 g/mol. The summed E-state index contributed by atoms with van der Waals surface area (Å²) in [5, 5.41) is 10.2. The zero-order valence-electron chi connectivity index (χ0n) is 10.9. The molecule has 0 fully saturated rings. The van der Waals surface area contributed by atoms with Crippen LogP contribution in [0.3, 0.4) is 0 Å². The van der Waals surface area contributed by atoms with Crippen molar-refractivity contribution in [2.24, 2.45) is 0 Å². The molecule has 1 heterocycles. The predicted octanol–water partition coefficient (Wildman–Crippen LogP) is 3.43. The topological polar surface area (TPSA) is 67.0 Å². The lowest BCUT2D eigenvalue weighted by Gasteiger charge is -2.14. The van der Waals surface area contributed by atoms with Gasteiger partial charge in [0.05, 0.1) is 5.02 Å². The quantitative estimate of drug-likeness (QED) is 0.908. The lowest BCUT2D eigenvalue weighted by molar-refractivity contribution is -0.122. The SMILES string of the molecule is Cc1cc(NC(=O)C(C)Oc2ccc(Cl)cc2Cl)n[nH]1. The molecule has 0 aliphatic carbocycles. The fourth-order valence-electron chi connectivity index (χ4n) is 1.52. The smallest absolute Gasteiger partial charge is 0.266 e. The van der Waals surface area contributed by atoms with Gasteiger partial charge in [-0.15, -0.1) is 0 Å². The van der Waals surface area contributed by atoms with Gasteiger partial charge < -0.3 is 10.1 Å². The molecule has 0 aliphatic rings. The Morgan fingerprint density at radius 2 is 2.15 bits per heavy atom. The third-order valence-electron chi connectivity index (χ3n) is 2.52. The maximum absolute atomic E-state index is 11.9. The Hall–Kier alpha value is -1.72. The van der Waals surface area contributed by atoms with E-state index in [2.05, 4.69) is 15.5 Å². The van der Waals surface area contributed by atoms with Crippen molar-refractivity contribution in [3.8, 4) is 5.75 Å². The van der Waals surface area contributed by atoms with E-state index in [1.54, 1.807) is 31.2 Å². The van der Waals surface area contributed by atoms with E-state index in [-0.39, 0.29) is 5.91 Å². The van der Waals surface area contributed by atoms with Gasteiger partial charge in [0.25, 0.3) is 5.91 Å². The zero-order chi connectivity index (χ0) is 14.7. The summed E-state index contributed by atoms with van der Waals surface area (Å²) in [6, 6.07) is 6.54. The van der Waals surface area contributed by atoms with Gasteiger partial charge in [0, 0.05) is 16.8 Å². The first-order valence-corrected chi connectivity index (χ1v) is 6.66. The fourth-order valence-corrected chi connectivity index (χ4v) is 1.98. The number of aromatic nitrogens is 2. The Morgan fingerprint density at radius 1 is 1.40 bits per heavy atom. The summed E-state index contributed by atoms with van der Waals surface area (Å²) in [7, 11) is 0. The molecule has 0 radical (unpaired) electrons. The number of amides is 1. The summed E-state index contributed by atoms with van der Waals surface area (Å²) >= 11 is 11.8. The maximum Gasteiger partial charge on any atom is 0.266 e. The number of carbonyl (C=O) groups excluding carboxylic acids is 1. The molecule has 1 atom stereocenters. The second-order valence-electron chi connectivity index (χ2n) is 4.26. The number of rotatable bonds is 4. The number of benzene rings is 1. The summed E-state index contributed by atoms with van der Waals surface area (Å²) in [6.45, 7) is 3.47. The molecular formula is C13H13Cl2N3O2. The van der Waals surface area contributed by atoms with Crippen LogP contribution in [0.2, 0.25) is 10.0 Å². The Kier molecular flexibility index (Phi) is 4.52. The van der Waals surface area contributed by atoms with Crippen molar-refractivity contribution in [1.29, 1.82) is 0 Å². The molecule has 0 aliphatic heterocycles. The third-order valence-corrected chi connectivity index (χ3v) is 3.05. The summed E-state index contributed by atoms with van der Waals surface area (Å²) < 4.78 is 5.50. The van der Waals surface area contributed by atoms with E-state index in [1.807, 2.05) is 6.92 Å². The first kappa shape index (κ1) is 14.7. The first-order valence-electron chi connectivity index (χ1n) is 5.90. The minimum absolute atomic E-state index is 0.317. The molecule has 20 heavy (non-hydrogen) atoms. The van der Waals surface area contributed by atoms with Gasteiger partial charge in [-0.05, 0) is 32.0 Å². The second-order valence-corrected chi connectivity index (χ2v) is 5.10. The fraction of sp³-hybridized carbons (Fsp3) is 0.231. The van der Waals surface area contributed by atoms with Crippen LogP contribution < -0.4 is 10.1 Å². The molecule has 2 rings (SSSR count). The van der Waals surface area contributed by atoms with E-state index >= 15 is 0 Å².